The number of carbonyl (C=O) groups is 1. The number of rotatable bonds is 5. The van der Waals surface area contributed by atoms with Crippen LogP contribution in [0.1, 0.15) is 47.4 Å². The maximum Gasteiger partial charge on any atom is 0.185 e. The van der Waals surface area contributed by atoms with Crippen LogP contribution in [0.3, 0.4) is 0 Å². The van der Waals surface area contributed by atoms with Crippen LogP contribution in [0.25, 0.3) is 0 Å². The van der Waals surface area contributed by atoms with Crippen molar-refractivity contribution in [2.75, 3.05) is 13.2 Å². The van der Waals surface area contributed by atoms with E-state index in [2.05, 4.69) is 9.98 Å². The number of hydrogen-bond donors (Lipinski definition) is 1. The second-order valence-corrected chi connectivity index (χ2v) is 7.74. The average molecular weight is 419 g/mol. The molecular weight excluding hydrogens is 395 g/mol. The fraction of sp³-hybridized carbons (Fsp3) is 0.409. The van der Waals surface area contributed by atoms with Gasteiger partial charge in [-0.25, -0.2) is 18.2 Å². The number of alkyl halides is 1. The number of hydrogen-bond acceptors (Lipinski definition) is 5. The Balaban J connectivity index is 2.04. The Morgan fingerprint density at radius 2 is 2.03 bits per heavy atom. The van der Waals surface area contributed by atoms with Crippen molar-refractivity contribution in [3.8, 4) is 0 Å². The fourth-order valence-corrected chi connectivity index (χ4v) is 3.94. The molecule has 160 valence electrons. The molecule has 1 unspecified atom stereocenters. The smallest absolute Gasteiger partial charge is 0.185 e. The van der Waals surface area contributed by atoms with Crippen LogP contribution >= 0.6 is 0 Å². The number of nitrogens with zero attached hydrogens (tertiary/aromatic N) is 2. The number of pyridine rings is 1. The molecule has 0 saturated heterocycles. The van der Waals surface area contributed by atoms with Crippen LogP contribution in [-0.4, -0.2) is 35.5 Å². The van der Waals surface area contributed by atoms with Gasteiger partial charge in [-0.2, -0.15) is 0 Å². The van der Waals surface area contributed by atoms with E-state index in [1.165, 1.54) is 31.2 Å². The molecule has 30 heavy (non-hydrogen) atoms. The number of aryl methyl sites for hydroxylation is 1. The van der Waals surface area contributed by atoms with Crippen LogP contribution in [0, 0.1) is 18.6 Å². The first-order chi connectivity index (χ1) is 14.1. The first-order valence-corrected chi connectivity index (χ1v) is 9.65. The Bertz CT molecular complexity index is 1010. The van der Waals surface area contributed by atoms with E-state index in [-0.39, 0.29) is 48.9 Å². The van der Waals surface area contributed by atoms with E-state index in [4.69, 9.17) is 10.5 Å². The van der Waals surface area contributed by atoms with Gasteiger partial charge in [-0.15, -0.1) is 0 Å². The Hall–Kier alpha value is -2.74. The van der Waals surface area contributed by atoms with Gasteiger partial charge in [0.1, 0.15) is 35.3 Å². The number of benzene rings is 1. The lowest BCUT2D eigenvalue weighted by atomic mass is 9.74. The van der Waals surface area contributed by atoms with Crippen LogP contribution in [0.2, 0.25) is 0 Å². The van der Waals surface area contributed by atoms with E-state index in [1.54, 1.807) is 13.8 Å². The highest BCUT2D eigenvalue weighted by Gasteiger charge is 2.52. The lowest BCUT2D eigenvalue weighted by Crippen LogP contribution is -2.48. The van der Waals surface area contributed by atoms with Gasteiger partial charge in [-0.3, -0.25) is 9.79 Å². The summed E-state index contributed by atoms with van der Waals surface area (Å²) in [5.41, 5.74) is 3.25. The average Bonchev–Trinajstić information content (AvgIpc) is 2.78. The minimum atomic E-state index is -2.03. The zero-order chi connectivity index (χ0) is 22.1. The third-order valence-corrected chi connectivity index (χ3v) is 5.48. The fourth-order valence-electron chi connectivity index (χ4n) is 3.94. The van der Waals surface area contributed by atoms with Gasteiger partial charge >= 0.3 is 0 Å². The van der Waals surface area contributed by atoms with Gasteiger partial charge < -0.3 is 10.5 Å². The monoisotopic (exact) mass is 419 g/mol. The first-order valence-electron chi connectivity index (χ1n) is 9.65. The molecule has 8 heteroatoms. The van der Waals surface area contributed by atoms with Crippen LogP contribution in [-0.2, 0) is 16.7 Å². The number of carbonyl (C=O) groups excluding carboxylic acids is 1. The van der Waals surface area contributed by atoms with E-state index in [0.29, 0.717) is 11.1 Å². The highest BCUT2D eigenvalue weighted by atomic mass is 19.1. The molecule has 0 fully saturated rings. The zero-order valence-electron chi connectivity index (χ0n) is 17.1. The molecule has 2 atom stereocenters. The maximum absolute atomic E-state index is 15.7. The largest absolute Gasteiger partial charge is 0.386 e. The number of ether oxygens (including phenoxy) is 1. The Morgan fingerprint density at radius 3 is 2.70 bits per heavy atom. The van der Waals surface area contributed by atoms with Gasteiger partial charge in [0, 0.05) is 12.0 Å². The lowest BCUT2D eigenvalue weighted by molar-refractivity contribution is -0.00941. The van der Waals surface area contributed by atoms with E-state index >= 15 is 4.39 Å². The molecule has 1 aliphatic heterocycles. The molecule has 0 bridgehead atoms. The van der Waals surface area contributed by atoms with Crippen molar-refractivity contribution < 1.29 is 22.7 Å². The molecule has 2 N–H and O–H groups in total. The quantitative estimate of drug-likeness (QED) is 0.748. The minimum absolute atomic E-state index is 0.0116. The van der Waals surface area contributed by atoms with Crippen molar-refractivity contribution in [2.45, 2.75) is 44.8 Å². The van der Waals surface area contributed by atoms with Crippen LogP contribution < -0.4 is 5.73 Å². The van der Waals surface area contributed by atoms with Gasteiger partial charge in [0.05, 0.1) is 12.8 Å². The number of aromatic nitrogens is 1. The summed E-state index contributed by atoms with van der Waals surface area (Å²) in [4.78, 5) is 20.9. The van der Waals surface area contributed by atoms with Crippen molar-refractivity contribution in [1.29, 1.82) is 0 Å². The SMILES string of the molecule is CC[C@]1(c2cc(CC(=O)c3ncc(F)cc3C)ccc2F)N=C(N)COCC1(C)F. The topological polar surface area (TPSA) is 77.6 Å². The van der Waals surface area contributed by atoms with Crippen LogP contribution in [0.15, 0.2) is 35.5 Å². The molecule has 5 nitrogen and oxygen atoms in total. The summed E-state index contributed by atoms with van der Waals surface area (Å²) in [6, 6.07) is 5.30. The third kappa shape index (κ3) is 3.96. The maximum atomic E-state index is 15.7. The van der Waals surface area contributed by atoms with Gasteiger partial charge in [-0.1, -0.05) is 13.0 Å². The van der Waals surface area contributed by atoms with Gasteiger partial charge in [-0.05, 0) is 49.6 Å². The predicted octanol–water partition coefficient (Wildman–Crippen LogP) is 3.81. The molecule has 0 radical (unpaired) electrons. The second kappa shape index (κ2) is 8.18. The summed E-state index contributed by atoms with van der Waals surface area (Å²) in [6.45, 7) is 4.25. The Kier molecular flexibility index (Phi) is 5.99. The molecule has 1 aromatic heterocycles. The first kappa shape index (κ1) is 22.0. The summed E-state index contributed by atoms with van der Waals surface area (Å²) < 4.78 is 49.1. The number of ketones is 1. The Morgan fingerprint density at radius 1 is 1.30 bits per heavy atom. The van der Waals surface area contributed by atoms with Gasteiger partial charge in [0.15, 0.2) is 11.5 Å². The van der Waals surface area contributed by atoms with Gasteiger partial charge in [0.25, 0.3) is 0 Å². The molecule has 3 rings (SSSR count). The number of Topliss-reactive ketones (excluding diaryl/α,β-unsaturated/α-hetero) is 1. The van der Waals surface area contributed by atoms with E-state index in [0.717, 1.165) is 6.20 Å². The van der Waals surface area contributed by atoms with Crippen LogP contribution in [0.4, 0.5) is 13.2 Å². The van der Waals surface area contributed by atoms with E-state index in [9.17, 15) is 13.6 Å². The van der Waals surface area contributed by atoms with E-state index < -0.39 is 22.8 Å². The number of amidine groups is 1. The molecule has 0 aliphatic carbocycles. The molecule has 2 aromatic rings. The van der Waals surface area contributed by atoms with Crippen molar-refractivity contribution in [3.05, 3.63) is 64.5 Å². The summed E-state index contributed by atoms with van der Waals surface area (Å²) in [6.07, 6.45) is 1.00. The molecule has 1 aromatic carbocycles. The minimum Gasteiger partial charge on any atom is -0.386 e. The molecule has 0 spiro atoms. The highest BCUT2D eigenvalue weighted by Crippen LogP contribution is 2.45. The summed E-state index contributed by atoms with van der Waals surface area (Å²) >= 11 is 0. The molecule has 2 heterocycles. The zero-order valence-corrected chi connectivity index (χ0v) is 17.1. The number of nitrogens with two attached hydrogens (primary N) is 1. The second-order valence-electron chi connectivity index (χ2n) is 7.74. The van der Waals surface area contributed by atoms with Crippen molar-refractivity contribution in [2.24, 2.45) is 10.7 Å². The van der Waals surface area contributed by atoms with E-state index in [1.807, 2.05) is 0 Å². The standard InChI is InChI=1S/C22H24F3N3O2/c1-4-22(21(3,25)12-30-11-19(26)28-22)16-8-14(5-6-17(16)24)9-18(29)20-13(2)7-15(23)10-27-20/h5-8,10H,4,9,11-12H2,1-3H3,(H2,26,28)/t21?,22-/m1/s1. The van der Waals surface area contributed by atoms with Crippen LogP contribution in [0.5, 0.6) is 0 Å². The molecule has 0 amide bonds. The number of halogens is 3. The van der Waals surface area contributed by atoms with Crippen molar-refractivity contribution in [1.82, 2.24) is 4.98 Å². The number of aliphatic imine (C=N–C) groups is 1. The van der Waals surface area contributed by atoms with Crippen molar-refractivity contribution in [3.63, 3.8) is 0 Å². The summed E-state index contributed by atoms with van der Waals surface area (Å²) in [7, 11) is 0. The van der Waals surface area contributed by atoms with Gasteiger partial charge in [0.2, 0.25) is 0 Å². The highest BCUT2D eigenvalue weighted by molar-refractivity contribution is 5.97. The normalized spacial score (nSPS) is 24.3. The summed E-state index contributed by atoms with van der Waals surface area (Å²) in [5.74, 6) is -1.46. The third-order valence-electron chi connectivity index (χ3n) is 5.48. The molecule has 1 aliphatic rings. The lowest BCUT2D eigenvalue weighted by Gasteiger charge is -2.39. The Labute approximate surface area is 173 Å². The molecule has 0 saturated carbocycles. The summed E-state index contributed by atoms with van der Waals surface area (Å²) in [5, 5.41) is 0. The predicted molar refractivity (Wildman–Crippen MR) is 107 cm³/mol. The molecular formula is C22H24F3N3O2. The van der Waals surface area contributed by atoms with Crippen molar-refractivity contribution >= 4 is 11.6 Å².